The number of carbonyl (C=O) groups is 4. The zero-order valence-corrected chi connectivity index (χ0v) is 39.7. The Morgan fingerprint density at radius 3 is 1.07 bits per heavy atom. The van der Waals surface area contributed by atoms with Gasteiger partial charge in [0.15, 0.2) is 12.2 Å². The van der Waals surface area contributed by atoms with Gasteiger partial charge >= 0.3 is 24.3 Å². The van der Waals surface area contributed by atoms with E-state index in [1.807, 2.05) is 121 Å². The zero-order valence-electron chi connectivity index (χ0n) is 39.7. The Balaban J connectivity index is 0.000000212. The highest BCUT2D eigenvalue weighted by molar-refractivity contribution is 5.76. The molecule has 72 heavy (non-hydrogen) atoms. The van der Waals surface area contributed by atoms with E-state index in [1.54, 1.807) is 0 Å². The first-order chi connectivity index (χ1) is 34.2. The second-order valence-corrected chi connectivity index (χ2v) is 18.5. The smallest absolute Gasteiger partial charge is 0.430 e. The Kier molecular flexibility index (Phi) is 20.8. The average molecular weight is 1020 g/mol. The van der Waals surface area contributed by atoms with Crippen molar-refractivity contribution >= 4 is 23.9 Å². The summed E-state index contributed by atoms with van der Waals surface area (Å²) in [5.41, 5.74) is 14.4. The first-order valence-corrected chi connectivity index (χ1v) is 23.8. The van der Waals surface area contributed by atoms with Crippen molar-refractivity contribution in [3.8, 4) is 11.5 Å². The Labute approximate surface area is 414 Å². The summed E-state index contributed by atoms with van der Waals surface area (Å²) in [6.07, 6.45) is -4.97. The maximum Gasteiger partial charge on any atom is 0.430 e. The molecule has 20 heteroatoms. The summed E-state index contributed by atoms with van der Waals surface area (Å²) in [6.45, 7) is 9.61. The first kappa shape index (κ1) is 56.7. The third-order valence-electron chi connectivity index (χ3n) is 13.4. The Morgan fingerprint density at radius 2 is 0.792 bits per heavy atom. The van der Waals surface area contributed by atoms with E-state index < -0.39 is 36.4 Å². The standard InChI is InChI=1S/2C24H31N2O3.2C2HF3O2/c2*25-22(17-19-7-3-1-4-8-19)24(27)29-23-18-26(13-11-20(23)12-14-26)15-16-28-21-9-5-2-6-10-21;2*3-2(4,5)1(6)7/h2*1-10,20,22-23H,11-18,25H2;2*(H,6,7)/q2*+1;;/p-2/t2*20?,22-,23-,26?;;/m00../s1. The van der Waals surface area contributed by atoms with Crippen LogP contribution < -0.4 is 31.2 Å². The number of benzene rings is 4. The van der Waals surface area contributed by atoms with Crippen LogP contribution in [0.5, 0.6) is 11.5 Å². The van der Waals surface area contributed by atoms with Gasteiger partial charge in [-0.2, -0.15) is 26.3 Å². The van der Waals surface area contributed by atoms with Crippen molar-refractivity contribution in [3.05, 3.63) is 132 Å². The number of ether oxygens (including phenoxy) is 4. The van der Waals surface area contributed by atoms with Gasteiger partial charge in [-0.1, -0.05) is 97.1 Å². The number of rotatable bonds is 16. The summed E-state index contributed by atoms with van der Waals surface area (Å²) in [4.78, 5) is 42.8. The number of alkyl halides is 6. The molecule has 0 aromatic heterocycles. The number of carboxylic acid groups (broad SMARTS) is 2. The number of piperidine rings is 6. The Hall–Kier alpha value is -6.22. The fourth-order valence-electron chi connectivity index (χ4n) is 9.46. The Morgan fingerprint density at radius 1 is 0.514 bits per heavy atom. The number of quaternary nitrogens is 2. The molecule has 6 aliphatic rings. The lowest BCUT2D eigenvalue weighted by Crippen LogP contribution is -2.65. The molecule has 6 fully saturated rings. The van der Waals surface area contributed by atoms with E-state index in [0.717, 1.165) is 110 Å². The third kappa shape index (κ3) is 18.1. The topological polar surface area (TPSA) is 203 Å². The van der Waals surface area contributed by atoms with E-state index in [-0.39, 0.29) is 24.1 Å². The summed E-state index contributed by atoms with van der Waals surface area (Å²) in [6, 6.07) is 38.4. The number of para-hydroxylation sites is 2. The van der Waals surface area contributed by atoms with E-state index in [9.17, 15) is 35.9 Å². The summed E-state index contributed by atoms with van der Waals surface area (Å²) in [5, 5.41) is 17.6. The van der Waals surface area contributed by atoms with Gasteiger partial charge in [-0.25, -0.2) is 0 Å². The number of carbonyl (C=O) groups excluding carboxylic acids is 4. The number of aliphatic carboxylic acids is 2. The molecule has 4 atom stereocenters. The minimum atomic E-state index is -5.19. The van der Waals surface area contributed by atoms with Crippen molar-refractivity contribution in [2.75, 3.05) is 65.6 Å². The molecule has 6 aliphatic heterocycles. The van der Waals surface area contributed by atoms with Crippen LogP contribution in [0.3, 0.4) is 0 Å². The van der Waals surface area contributed by atoms with Gasteiger partial charge in [0.05, 0.1) is 26.2 Å². The monoisotopic (exact) mass is 1020 g/mol. The lowest BCUT2D eigenvalue weighted by Gasteiger charge is -2.52. The third-order valence-corrected chi connectivity index (χ3v) is 13.4. The van der Waals surface area contributed by atoms with Crippen molar-refractivity contribution in [1.82, 2.24) is 0 Å². The van der Waals surface area contributed by atoms with Gasteiger partial charge in [-0.3, -0.25) is 9.59 Å². The first-order valence-electron chi connectivity index (χ1n) is 23.8. The number of nitrogens with two attached hydrogens (primary N) is 2. The van der Waals surface area contributed by atoms with Crippen molar-refractivity contribution in [2.45, 2.75) is 75.2 Å². The van der Waals surface area contributed by atoms with Gasteiger partial charge in [0.1, 0.15) is 74.9 Å². The molecule has 392 valence electrons. The summed E-state index contributed by atoms with van der Waals surface area (Å²) in [5.74, 6) is -3.80. The van der Waals surface area contributed by atoms with Gasteiger partial charge in [-0.15, -0.1) is 0 Å². The predicted octanol–water partition coefficient (Wildman–Crippen LogP) is 4.17. The second-order valence-electron chi connectivity index (χ2n) is 18.5. The fourth-order valence-corrected chi connectivity index (χ4v) is 9.46. The highest BCUT2D eigenvalue weighted by Crippen LogP contribution is 2.37. The fraction of sp³-hybridized carbons (Fsp3) is 0.462. The van der Waals surface area contributed by atoms with Crippen LogP contribution in [0.2, 0.25) is 0 Å². The maximum atomic E-state index is 12.6. The number of esters is 2. The summed E-state index contributed by atoms with van der Waals surface area (Å²) >= 11 is 0. The molecule has 0 amide bonds. The normalized spacial score (nSPS) is 23.7. The number of carboxylic acids is 2. The lowest BCUT2D eigenvalue weighted by molar-refractivity contribution is -0.946. The van der Waals surface area contributed by atoms with Gasteiger partial charge in [0.25, 0.3) is 0 Å². The molecular weight excluding hydrogens is 955 g/mol. The molecule has 6 saturated heterocycles. The molecule has 0 saturated carbocycles. The molecule has 0 aliphatic carbocycles. The summed E-state index contributed by atoms with van der Waals surface area (Å²) < 4.78 is 88.8. The van der Waals surface area contributed by atoms with Crippen LogP contribution in [-0.4, -0.2) is 135 Å². The van der Waals surface area contributed by atoms with Crippen LogP contribution in [0.15, 0.2) is 121 Å². The average Bonchev–Trinajstić information content (AvgIpc) is 3.36. The van der Waals surface area contributed by atoms with Crippen LogP contribution in [0.25, 0.3) is 0 Å². The molecule has 6 heterocycles. The van der Waals surface area contributed by atoms with Gasteiger partial charge in [0, 0.05) is 37.5 Å². The summed E-state index contributed by atoms with van der Waals surface area (Å²) in [7, 11) is 0. The largest absolute Gasteiger partial charge is 0.542 e. The van der Waals surface area contributed by atoms with Crippen LogP contribution in [0, 0.1) is 11.8 Å². The van der Waals surface area contributed by atoms with E-state index >= 15 is 0 Å². The SMILES string of the molecule is N[C@@H](Cc1ccccc1)C(=O)O[C@H]1C[N+]2(CCOc3ccccc3)CCC1CC2.N[C@@H](Cc1ccccc1)C(=O)O[C@H]1C[N+]2(CCOc3ccccc3)CCC1CC2.O=C([O-])C(F)(F)F.O=C([O-])C(F)(F)F. The van der Waals surface area contributed by atoms with Crippen LogP contribution in [0.1, 0.15) is 36.8 Å². The molecular formula is C52H62F6N4O10. The molecule has 0 unspecified atom stereocenters. The van der Waals surface area contributed by atoms with E-state index in [4.69, 9.17) is 50.2 Å². The van der Waals surface area contributed by atoms with Gasteiger partial charge < -0.3 is 59.2 Å². The quantitative estimate of drug-likeness (QED) is 0.0923. The molecule has 4 N–H and O–H groups in total. The minimum Gasteiger partial charge on any atom is -0.542 e. The second kappa shape index (κ2) is 26.5. The van der Waals surface area contributed by atoms with Crippen molar-refractivity contribution in [2.24, 2.45) is 23.3 Å². The van der Waals surface area contributed by atoms with Gasteiger partial charge in [-0.05, 0) is 48.2 Å². The molecule has 0 radical (unpaired) electrons. The number of hydrogen-bond donors (Lipinski definition) is 2. The van der Waals surface area contributed by atoms with Crippen molar-refractivity contribution in [1.29, 1.82) is 0 Å². The minimum absolute atomic E-state index is 0.0245. The van der Waals surface area contributed by atoms with Crippen molar-refractivity contribution < 1.29 is 83.6 Å². The highest BCUT2D eigenvalue weighted by Gasteiger charge is 2.49. The highest BCUT2D eigenvalue weighted by atomic mass is 19.4. The lowest BCUT2D eigenvalue weighted by atomic mass is 9.83. The predicted molar refractivity (Wildman–Crippen MR) is 247 cm³/mol. The van der Waals surface area contributed by atoms with E-state index in [0.29, 0.717) is 37.9 Å². The molecule has 4 aromatic rings. The molecule has 14 nitrogen and oxygen atoms in total. The zero-order chi connectivity index (χ0) is 52.4. The molecule has 0 spiro atoms. The van der Waals surface area contributed by atoms with Crippen LogP contribution >= 0.6 is 0 Å². The number of halogens is 6. The van der Waals surface area contributed by atoms with E-state index in [1.165, 1.54) is 0 Å². The van der Waals surface area contributed by atoms with Gasteiger partial charge in [0.2, 0.25) is 0 Å². The Bertz CT molecular complexity index is 2120. The number of nitrogens with zero attached hydrogens (tertiary/aromatic N) is 2. The van der Waals surface area contributed by atoms with Crippen LogP contribution in [0.4, 0.5) is 26.3 Å². The van der Waals surface area contributed by atoms with Crippen molar-refractivity contribution in [3.63, 3.8) is 0 Å². The molecule has 4 aromatic carbocycles. The maximum absolute atomic E-state index is 12.6. The number of fused-ring (bicyclic) bond motifs is 6. The van der Waals surface area contributed by atoms with Crippen LogP contribution in [-0.2, 0) is 41.5 Å². The van der Waals surface area contributed by atoms with E-state index in [2.05, 4.69) is 0 Å². The molecule has 4 bridgehead atoms. The molecule has 10 rings (SSSR count). The number of hydrogen-bond acceptors (Lipinski definition) is 12.